The summed E-state index contributed by atoms with van der Waals surface area (Å²) in [4.78, 5) is 12.3. The molecule has 0 aliphatic carbocycles. The quantitative estimate of drug-likeness (QED) is 0.812. The second kappa shape index (κ2) is 6.57. The third kappa shape index (κ3) is 3.62. The Kier molecular flexibility index (Phi) is 5.05. The molecule has 1 aliphatic heterocycles. The lowest BCUT2D eigenvalue weighted by molar-refractivity contribution is 0.0906. The van der Waals surface area contributed by atoms with Crippen LogP contribution in [0.2, 0.25) is 0 Å². The Hall–Kier alpha value is -1.86. The Morgan fingerprint density at radius 1 is 1.25 bits per heavy atom. The van der Waals surface area contributed by atoms with Gasteiger partial charge in [0.15, 0.2) is 0 Å². The molecule has 2 rings (SSSR count). The van der Waals surface area contributed by atoms with Crippen molar-refractivity contribution in [1.29, 1.82) is 0 Å². The van der Waals surface area contributed by atoms with Crippen LogP contribution in [0.1, 0.15) is 33.3 Å². The van der Waals surface area contributed by atoms with Crippen LogP contribution in [0.25, 0.3) is 0 Å². The topological polar surface area (TPSA) is 72.9 Å². The average Bonchev–Trinajstić information content (AvgIpc) is 2.68. The highest BCUT2D eigenvalue weighted by atomic mass is 32.2. The smallest absolute Gasteiger partial charge is 0.429 e. The zero-order chi connectivity index (χ0) is 18.1. The Morgan fingerprint density at radius 2 is 1.83 bits per heavy atom. The van der Waals surface area contributed by atoms with E-state index in [-0.39, 0.29) is 23.3 Å². The van der Waals surface area contributed by atoms with Gasteiger partial charge in [0.25, 0.3) is 10.0 Å². The molecule has 1 fully saturated rings. The molecular weight excluding hydrogens is 330 g/mol. The minimum absolute atomic E-state index is 0.00913. The fourth-order valence-corrected chi connectivity index (χ4v) is 3.82. The molecule has 1 aromatic carbocycles. The van der Waals surface area contributed by atoms with E-state index in [1.54, 1.807) is 32.1 Å². The summed E-state index contributed by atoms with van der Waals surface area (Å²) < 4.78 is 37.2. The number of hydrogen-bond acceptors (Lipinski definition) is 5. The van der Waals surface area contributed by atoms with E-state index in [2.05, 4.69) is 0 Å². The van der Waals surface area contributed by atoms with Gasteiger partial charge in [-0.2, -0.15) is 4.31 Å². The number of nitrogens with zero attached hydrogens (tertiary/aromatic N) is 1. The average molecular weight is 353 g/mol. The van der Waals surface area contributed by atoms with Crippen LogP contribution in [-0.4, -0.2) is 37.1 Å². The summed E-state index contributed by atoms with van der Waals surface area (Å²) in [5, 5.41) is 0. The molecular formula is C17H23NO5S. The fraction of sp³-hybridized carbons (Fsp3) is 0.471. The number of carbonyl (C=O) groups is 1. The summed E-state index contributed by atoms with van der Waals surface area (Å²) in [7, 11) is -4.04. The lowest BCUT2D eigenvalue weighted by Crippen LogP contribution is -2.32. The summed E-state index contributed by atoms with van der Waals surface area (Å²) in [6.45, 7) is 9.10. The first kappa shape index (κ1) is 18.5. The number of cyclic esters (lactones) is 1. The fourth-order valence-electron chi connectivity index (χ4n) is 2.35. The van der Waals surface area contributed by atoms with Crippen LogP contribution >= 0.6 is 0 Å². The second-order valence-corrected chi connectivity index (χ2v) is 8.22. The Balaban J connectivity index is 2.44. The van der Waals surface area contributed by atoms with Crippen LogP contribution in [0.15, 0.2) is 40.9 Å². The first-order chi connectivity index (χ1) is 11.1. The summed E-state index contributed by atoms with van der Waals surface area (Å²) >= 11 is 0. The number of aryl methyl sites for hydroxylation is 1. The molecule has 0 radical (unpaired) electrons. The van der Waals surface area contributed by atoms with Crippen LogP contribution in [0.4, 0.5) is 4.79 Å². The number of ether oxygens (including phenoxy) is 2. The number of benzene rings is 1. The Bertz CT molecular complexity index is 748. The standard InChI is InChI=1S/C17H23NO5S/c1-12(2)22-11-10-15-17(4,5)23-16(19)18(15)24(20,21)14-8-6-13(3)7-9-14/h6-10,12H,11H2,1-5H3/b15-10+. The van der Waals surface area contributed by atoms with E-state index >= 15 is 0 Å². The maximum atomic E-state index is 12.9. The third-order valence-electron chi connectivity index (χ3n) is 3.61. The van der Waals surface area contributed by atoms with Gasteiger partial charge in [0.05, 0.1) is 23.3 Å². The van der Waals surface area contributed by atoms with Gasteiger partial charge in [-0.3, -0.25) is 0 Å². The Labute approximate surface area is 143 Å². The normalized spacial score (nSPS) is 19.2. The van der Waals surface area contributed by atoms with E-state index in [9.17, 15) is 13.2 Å². The lowest BCUT2D eigenvalue weighted by Gasteiger charge is -2.21. The number of sulfonamides is 1. The van der Waals surface area contributed by atoms with Gasteiger partial charge in [-0.15, -0.1) is 0 Å². The van der Waals surface area contributed by atoms with E-state index in [1.807, 2.05) is 20.8 Å². The van der Waals surface area contributed by atoms with Crippen molar-refractivity contribution in [3.63, 3.8) is 0 Å². The van der Waals surface area contributed by atoms with Crippen LogP contribution in [-0.2, 0) is 19.5 Å². The number of amides is 1. The second-order valence-electron chi connectivity index (χ2n) is 6.43. The van der Waals surface area contributed by atoms with E-state index in [4.69, 9.17) is 9.47 Å². The summed E-state index contributed by atoms with van der Waals surface area (Å²) in [5.74, 6) is 0. The zero-order valence-electron chi connectivity index (χ0n) is 14.6. The van der Waals surface area contributed by atoms with Crippen molar-refractivity contribution in [2.45, 2.75) is 51.2 Å². The molecule has 132 valence electrons. The van der Waals surface area contributed by atoms with Crippen molar-refractivity contribution < 1.29 is 22.7 Å². The van der Waals surface area contributed by atoms with Gasteiger partial charge in [-0.1, -0.05) is 17.7 Å². The van der Waals surface area contributed by atoms with Crippen LogP contribution in [0.3, 0.4) is 0 Å². The lowest BCUT2D eigenvalue weighted by atomic mass is 10.1. The largest absolute Gasteiger partial charge is 0.436 e. The minimum Gasteiger partial charge on any atom is -0.436 e. The molecule has 1 aliphatic rings. The molecule has 0 unspecified atom stereocenters. The van der Waals surface area contributed by atoms with E-state index in [0.29, 0.717) is 0 Å². The molecule has 0 atom stereocenters. The molecule has 1 aromatic rings. The van der Waals surface area contributed by atoms with Crippen molar-refractivity contribution in [2.24, 2.45) is 0 Å². The van der Waals surface area contributed by atoms with Gasteiger partial charge in [0.1, 0.15) is 5.60 Å². The van der Waals surface area contributed by atoms with Crippen LogP contribution < -0.4 is 0 Å². The summed E-state index contributed by atoms with van der Waals surface area (Å²) in [6, 6.07) is 6.33. The molecule has 1 saturated heterocycles. The molecule has 0 N–H and O–H groups in total. The highest BCUT2D eigenvalue weighted by molar-refractivity contribution is 7.89. The van der Waals surface area contributed by atoms with Crippen molar-refractivity contribution >= 4 is 16.1 Å². The van der Waals surface area contributed by atoms with Gasteiger partial charge in [0, 0.05) is 0 Å². The van der Waals surface area contributed by atoms with Crippen molar-refractivity contribution in [3.8, 4) is 0 Å². The molecule has 24 heavy (non-hydrogen) atoms. The van der Waals surface area contributed by atoms with Crippen LogP contribution in [0.5, 0.6) is 0 Å². The highest BCUT2D eigenvalue weighted by Gasteiger charge is 2.49. The van der Waals surface area contributed by atoms with Gasteiger partial charge in [-0.25, -0.2) is 13.2 Å². The summed E-state index contributed by atoms with van der Waals surface area (Å²) in [5.41, 5.74) is 0.142. The zero-order valence-corrected chi connectivity index (χ0v) is 15.4. The molecule has 1 amide bonds. The van der Waals surface area contributed by atoms with Crippen molar-refractivity contribution in [2.75, 3.05) is 6.61 Å². The van der Waals surface area contributed by atoms with Gasteiger partial charge >= 0.3 is 6.09 Å². The first-order valence-electron chi connectivity index (χ1n) is 7.73. The molecule has 6 nitrogen and oxygen atoms in total. The molecule has 7 heteroatoms. The molecule has 1 heterocycles. The number of hydrogen-bond donors (Lipinski definition) is 0. The van der Waals surface area contributed by atoms with E-state index in [1.165, 1.54) is 12.1 Å². The third-order valence-corrected chi connectivity index (χ3v) is 5.30. The molecule has 0 saturated carbocycles. The number of rotatable bonds is 5. The van der Waals surface area contributed by atoms with Crippen molar-refractivity contribution in [3.05, 3.63) is 41.6 Å². The van der Waals surface area contributed by atoms with E-state index < -0.39 is 21.7 Å². The molecule has 0 bridgehead atoms. The van der Waals surface area contributed by atoms with Gasteiger partial charge in [0.2, 0.25) is 0 Å². The maximum absolute atomic E-state index is 12.9. The van der Waals surface area contributed by atoms with Crippen molar-refractivity contribution in [1.82, 2.24) is 4.31 Å². The highest BCUT2D eigenvalue weighted by Crippen LogP contribution is 2.37. The molecule has 0 spiro atoms. The minimum atomic E-state index is -4.04. The van der Waals surface area contributed by atoms with Gasteiger partial charge < -0.3 is 9.47 Å². The van der Waals surface area contributed by atoms with Crippen LogP contribution in [0, 0.1) is 6.92 Å². The SMILES string of the molecule is Cc1ccc(S(=O)(=O)N2C(=O)OC(C)(C)/C2=C\COC(C)C)cc1. The maximum Gasteiger partial charge on any atom is 0.429 e. The first-order valence-corrected chi connectivity index (χ1v) is 9.17. The molecule has 0 aromatic heterocycles. The Morgan fingerprint density at radius 3 is 2.38 bits per heavy atom. The monoisotopic (exact) mass is 353 g/mol. The van der Waals surface area contributed by atoms with Gasteiger partial charge in [-0.05, 0) is 52.8 Å². The predicted octanol–water partition coefficient (Wildman–Crippen LogP) is 3.22. The predicted molar refractivity (Wildman–Crippen MR) is 89.9 cm³/mol. The summed E-state index contributed by atoms with van der Waals surface area (Å²) in [6.07, 6.45) is 0.665. The number of carbonyl (C=O) groups excluding carboxylic acids is 1. The van der Waals surface area contributed by atoms with E-state index in [0.717, 1.165) is 9.87 Å².